The largest absolute Gasteiger partial charge is 0.355 e. The van der Waals surface area contributed by atoms with Crippen LogP contribution in [0.15, 0.2) is 57.9 Å². The normalized spacial score (nSPS) is 11.3. The molecule has 0 atom stereocenters. The molecule has 1 amide bonds. The van der Waals surface area contributed by atoms with Crippen molar-refractivity contribution in [1.29, 1.82) is 0 Å². The van der Waals surface area contributed by atoms with Gasteiger partial charge in [0.25, 0.3) is 0 Å². The number of unbranched alkanes of at least 4 members (excludes halogenated alkanes) is 1. The first-order chi connectivity index (χ1) is 12.9. The summed E-state index contributed by atoms with van der Waals surface area (Å²) in [6.07, 6.45) is 3.13. The summed E-state index contributed by atoms with van der Waals surface area (Å²) in [6, 6.07) is 14.8. The molecule has 2 aromatic rings. The number of sulfonamides is 1. The van der Waals surface area contributed by atoms with E-state index in [0.717, 1.165) is 29.3 Å². The van der Waals surface area contributed by atoms with Gasteiger partial charge in [0.05, 0.1) is 4.90 Å². The van der Waals surface area contributed by atoms with Crippen molar-refractivity contribution in [1.82, 2.24) is 10.0 Å². The van der Waals surface area contributed by atoms with Gasteiger partial charge >= 0.3 is 0 Å². The lowest BCUT2D eigenvalue weighted by Gasteiger charge is -2.08. The van der Waals surface area contributed by atoms with E-state index in [1.54, 1.807) is 24.3 Å². The van der Waals surface area contributed by atoms with Crippen molar-refractivity contribution in [3.63, 3.8) is 0 Å². The maximum Gasteiger partial charge on any atom is 0.240 e. The van der Waals surface area contributed by atoms with Gasteiger partial charge in [0.2, 0.25) is 15.9 Å². The summed E-state index contributed by atoms with van der Waals surface area (Å²) in [6.45, 7) is 2.34. The molecule has 7 heteroatoms. The fraction of sp³-hybridized carbons (Fsp3) is 0.350. The Morgan fingerprint density at radius 3 is 2.30 bits per heavy atom. The van der Waals surface area contributed by atoms with Crippen LogP contribution in [0.5, 0.6) is 0 Å². The van der Waals surface area contributed by atoms with Gasteiger partial charge in [0, 0.05) is 24.0 Å². The number of rotatable bonds is 10. The first kappa shape index (κ1) is 21.6. The summed E-state index contributed by atoms with van der Waals surface area (Å²) in [4.78, 5) is 12.1. The van der Waals surface area contributed by atoms with Gasteiger partial charge in [-0.15, -0.1) is 0 Å². The van der Waals surface area contributed by atoms with E-state index in [1.165, 1.54) is 5.56 Å². The summed E-state index contributed by atoms with van der Waals surface area (Å²) >= 11 is 3.41. The lowest BCUT2D eigenvalue weighted by molar-refractivity contribution is -0.121. The molecular formula is C20H25BrN2O3S. The van der Waals surface area contributed by atoms with Gasteiger partial charge in [-0.05, 0) is 56.0 Å². The molecule has 0 unspecified atom stereocenters. The molecule has 2 rings (SSSR count). The van der Waals surface area contributed by atoms with Gasteiger partial charge in [-0.25, -0.2) is 13.1 Å². The third-order valence-corrected chi connectivity index (χ3v) is 6.11. The predicted molar refractivity (Wildman–Crippen MR) is 111 cm³/mol. The lowest BCUT2D eigenvalue weighted by Crippen LogP contribution is -2.34. The van der Waals surface area contributed by atoms with E-state index in [2.05, 4.69) is 38.1 Å². The average molecular weight is 453 g/mol. The molecule has 0 spiro atoms. The van der Waals surface area contributed by atoms with Crippen LogP contribution in [-0.4, -0.2) is 27.4 Å². The fourth-order valence-corrected chi connectivity index (χ4v) is 3.84. The Kier molecular flexibility index (Phi) is 8.47. The fourth-order valence-electron chi connectivity index (χ4n) is 2.54. The van der Waals surface area contributed by atoms with E-state index in [9.17, 15) is 13.2 Å². The minimum Gasteiger partial charge on any atom is -0.355 e. The van der Waals surface area contributed by atoms with Crippen LogP contribution in [0.25, 0.3) is 0 Å². The van der Waals surface area contributed by atoms with Crippen LogP contribution in [0.2, 0.25) is 0 Å². The topological polar surface area (TPSA) is 75.3 Å². The standard InChI is InChI=1S/C20H25BrN2O3S/c1-16-6-12-19(13-7-16)27(25,26)23-15-14-22-20(24)5-3-2-4-17-8-10-18(21)11-9-17/h6-13,23H,2-5,14-15H2,1H3,(H,22,24). The molecule has 5 nitrogen and oxygen atoms in total. The van der Waals surface area contributed by atoms with Crippen molar-refractivity contribution in [3.05, 3.63) is 64.1 Å². The molecule has 0 saturated heterocycles. The second kappa shape index (κ2) is 10.6. The number of hydrogen-bond acceptors (Lipinski definition) is 3. The van der Waals surface area contributed by atoms with Crippen LogP contribution >= 0.6 is 15.9 Å². The Balaban J connectivity index is 1.60. The van der Waals surface area contributed by atoms with E-state index in [4.69, 9.17) is 0 Å². The van der Waals surface area contributed by atoms with Crippen LogP contribution in [0.1, 0.15) is 30.4 Å². The van der Waals surface area contributed by atoms with Gasteiger partial charge in [-0.3, -0.25) is 4.79 Å². The first-order valence-corrected chi connectivity index (χ1v) is 11.2. The number of carbonyl (C=O) groups excluding carboxylic acids is 1. The van der Waals surface area contributed by atoms with Crippen molar-refractivity contribution in [2.75, 3.05) is 13.1 Å². The Morgan fingerprint density at radius 1 is 0.963 bits per heavy atom. The molecule has 27 heavy (non-hydrogen) atoms. The summed E-state index contributed by atoms with van der Waals surface area (Å²) in [5.74, 6) is -0.0552. The average Bonchev–Trinajstić information content (AvgIpc) is 2.64. The number of hydrogen-bond donors (Lipinski definition) is 2. The molecule has 0 aliphatic rings. The van der Waals surface area contributed by atoms with Crippen LogP contribution in [-0.2, 0) is 21.2 Å². The summed E-state index contributed by atoms with van der Waals surface area (Å²) in [7, 11) is -3.53. The van der Waals surface area contributed by atoms with Gasteiger partial charge in [0.1, 0.15) is 0 Å². The number of halogens is 1. The molecule has 0 bridgehead atoms. The molecule has 0 aromatic heterocycles. The molecule has 0 aliphatic carbocycles. The van der Waals surface area contributed by atoms with Crippen molar-refractivity contribution in [2.45, 2.75) is 37.5 Å². The predicted octanol–water partition coefficient (Wildman–Crippen LogP) is 3.57. The summed E-state index contributed by atoms with van der Waals surface area (Å²) < 4.78 is 27.8. The number of benzene rings is 2. The van der Waals surface area contributed by atoms with Crippen LogP contribution < -0.4 is 10.0 Å². The van der Waals surface area contributed by atoms with Crippen molar-refractivity contribution in [2.24, 2.45) is 0 Å². The van der Waals surface area contributed by atoms with E-state index >= 15 is 0 Å². The zero-order chi connectivity index (χ0) is 19.7. The van der Waals surface area contributed by atoms with Crippen LogP contribution in [0.4, 0.5) is 0 Å². The third-order valence-electron chi connectivity index (χ3n) is 4.10. The minimum atomic E-state index is -3.53. The second-order valence-electron chi connectivity index (χ2n) is 6.39. The smallest absolute Gasteiger partial charge is 0.240 e. The first-order valence-electron chi connectivity index (χ1n) is 8.94. The van der Waals surface area contributed by atoms with Gasteiger partial charge in [-0.1, -0.05) is 45.8 Å². The van der Waals surface area contributed by atoms with Crippen molar-refractivity contribution in [3.8, 4) is 0 Å². The van der Waals surface area contributed by atoms with E-state index in [1.807, 2.05) is 19.1 Å². The van der Waals surface area contributed by atoms with E-state index in [-0.39, 0.29) is 23.9 Å². The quantitative estimate of drug-likeness (QED) is 0.541. The van der Waals surface area contributed by atoms with E-state index < -0.39 is 10.0 Å². The molecule has 0 fully saturated rings. The summed E-state index contributed by atoms with van der Waals surface area (Å²) in [5, 5.41) is 2.75. The number of nitrogens with one attached hydrogen (secondary N) is 2. The molecular weight excluding hydrogens is 428 g/mol. The molecule has 0 radical (unpaired) electrons. The maximum absolute atomic E-state index is 12.1. The molecule has 146 valence electrons. The minimum absolute atomic E-state index is 0.0552. The Hall–Kier alpha value is -1.70. The molecule has 2 N–H and O–H groups in total. The van der Waals surface area contributed by atoms with Crippen molar-refractivity contribution >= 4 is 31.9 Å². The highest BCUT2D eigenvalue weighted by Gasteiger charge is 2.12. The summed E-state index contributed by atoms with van der Waals surface area (Å²) in [5.41, 5.74) is 2.26. The lowest BCUT2D eigenvalue weighted by atomic mass is 10.1. The zero-order valence-corrected chi connectivity index (χ0v) is 17.8. The number of aryl methyl sites for hydroxylation is 2. The maximum atomic E-state index is 12.1. The Morgan fingerprint density at radius 2 is 1.63 bits per heavy atom. The molecule has 2 aromatic carbocycles. The highest BCUT2D eigenvalue weighted by atomic mass is 79.9. The monoisotopic (exact) mass is 452 g/mol. The third kappa shape index (κ3) is 7.82. The van der Waals surface area contributed by atoms with Gasteiger partial charge in [-0.2, -0.15) is 0 Å². The molecule has 0 saturated carbocycles. The SMILES string of the molecule is Cc1ccc(S(=O)(=O)NCCNC(=O)CCCCc2ccc(Br)cc2)cc1. The van der Waals surface area contributed by atoms with Gasteiger partial charge < -0.3 is 5.32 Å². The van der Waals surface area contributed by atoms with Gasteiger partial charge in [0.15, 0.2) is 0 Å². The molecule has 0 aliphatic heterocycles. The van der Waals surface area contributed by atoms with Crippen molar-refractivity contribution < 1.29 is 13.2 Å². The van der Waals surface area contributed by atoms with Crippen LogP contribution in [0, 0.1) is 6.92 Å². The Labute approximate surface area is 169 Å². The van der Waals surface area contributed by atoms with E-state index in [0.29, 0.717) is 6.42 Å². The van der Waals surface area contributed by atoms with Crippen LogP contribution in [0.3, 0.4) is 0 Å². The second-order valence-corrected chi connectivity index (χ2v) is 9.08. The number of amides is 1. The number of carbonyl (C=O) groups is 1. The zero-order valence-electron chi connectivity index (χ0n) is 15.4. The highest BCUT2D eigenvalue weighted by molar-refractivity contribution is 9.10. The Bertz CT molecular complexity index is 835. The molecule has 0 heterocycles. The highest BCUT2D eigenvalue weighted by Crippen LogP contribution is 2.13.